The molecular formula is C35H22N4. The van der Waals surface area contributed by atoms with E-state index in [1.165, 1.54) is 5.39 Å². The Hall–Kier alpha value is -5.71. The van der Waals surface area contributed by atoms with Crippen LogP contribution in [0.1, 0.15) is 11.1 Å². The molecule has 0 saturated heterocycles. The molecule has 4 nitrogen and oxygen atoms in total. The summed E-state index contributed by atoms with van der Waals surface area (Å²) in [5, 5.41) is 21.1. The molecule has 182 valence electrons. The molecule has 1 aromatic heterocycles. The van der Waals surface area contributed by atoms with Crippen LogP contribution in [0.25, 0.3) is 33.0 Å². The van der Waals surface area contributed by atoms with Gasteiger partial charge < -0.3 is 4.90 Å². The highest BCUT2D eigenvalue weighted by Crippen LogP contribution is 2.40. The van der Waals surface area contributed by atoms with Gasteiger partial charge in [0, 0.05) is 29.2 Å². The molecule has 4 heteroatoms. The van der Waals surface area contributed by atoms with Crippen molar-refractivity contribution in [1.29, 1.82) is 10.5 Å². The van der Waals surface area contributed by atoms with Gasteiger partial charge in [-0.15, -0.1) is 0 Å². The predicted octanol–water partition coefficient (Wildman–Crippen LogP) is 8.78. The molecule has 0 N–H and O–H groups in total. The first kappa shape index (κ1) is 23.7. The van der Waals surface area contributed by atoms with Crippen LogP contribution in [0.5, 0.6) is 0 Å². The number of aromatic nitrogens is 1. The van der Waals surface area contributed by atoms with Crippen LogP contribution >= 0.6 is 0 Å². The normalized spacial score (nSPS) is 10.5. The molecule has 5 aromatic carbocycles. The quantitative estimate of drug-likeness (QED) is 0.238. The molecule has 6 aromatic rings. The second kappa shape index (κ2) is 10.3. The Morgan fingerprint density at radius 3 is 1.74 bits per heavy atom. The number of hydrogen-bond acceptors (Lipinski definition) is 4. The zero-order chi connectivity index (χ0) is 26.6. The summed E-state index contributed by atoms with van der Waals surface area (Å²) in [5.41, 5.74) is 8.04. The van der Waals surface area contributed by atoms with Gasteiger partial charge in [0.15, 0.2) is 0 Å². The molecule has 0 unspecified atom stereocenters. The first-order valence-corrected chi connectivity index (χ1v) is 12.6. The number of pyridine rings is 1. The van der Waals surface area contributed by atoms with Gasteiger partial charge in [-0.25, -0.2) is 0 Å². The third kappa shape index (κ3) is 4.60. The van der Waals surface area contributed by atoms with Crippen molar-refractivity contribution < 1.29 is 0 Å². The Kier molecular flexibility index (Phi) is 6.28. The van der Waals surface area contributed by atoms with E-state index in [4.69, 9.17) is 0 Å². The Morgan fingerprint density at radius 2 is 1.08 bits per heavy atom. The van der Waals surface area contributed by atoms with E-state index >= 15 is 0 Å². The Balaban J connectivity index is 1.45. The standard InChI is InChI=1S/C35H22N4/c36-23-30-9-8-29(22-31(30)24-37)26-12-16-33(17-13-26)39(35-7-3-5-28-4-1-2-6-34(28)35)32-14-10-25(11-15-32)27-18-20-38-21-19-27/h1-22H. The molecule has 0 aliphatic rings. The molecular weight excluding hydrogens is 476 g/mol. The average molecular weight is 499 g/mol. The maximum absolute atomic E-state index is 9.46. The van der Waals surface area contributed by atoms with E-state index < -0.39 is 0 Å². The van der Waals surface area contributed by atoms with Gasteiger partial charge in [0.2, 0.25) is 0 Å². The summed E-state index contributed by atoms with van der Waals surface area (Å²) in [6.45, 7) is 0. The summed E-state index contributed by atoms with van der Waals surface area (Å²) in [7, 11) is 0. The van der Waals surface area contributed by atoms with Crippen LogP contribution in [0.3, 0.4) is 0 Å². The lowest BCUT2D eigenvalue weighted by Crippen LogP contribution is -2.10. The smallest absolute Gasteiger partial charge is 0.101 e. The Morgan fingerprint density at radius 1 is 0.513 bits per heavy atom. The number of fused-ring (bicyclic) bond motifs is 1. The third-order valence-electron chi connectivity index (χ3n) is 6.87. The highest BCUT2D eigenvalue weighted by Gasteiger charge is 2.16. The van der Waals surface area contributed by atoms with Crippen molar-refractivity contribution >= 4 is 27.8 Å². The lowest BCUT2D eigenvalue weighted by atomic mass is 9.99. The molecule has 0 aliphatic carbocycles. The maximum atomic E-state index is 9.46. The van der Waals surface area contributed by atoms with E-state index in [1.54, 1.807) is 24.5 Å². The van der Waals surface area contributed by atoms with Gasteiger partial charge in [0.25, 0.3) is 0 Å². The molecule has 39 heavy (non-hydrogen) atoms. The summed E-state index contributed by atoms with van der Waals surface area (Å²) in [5.74, 6) is 0. The van der Waals surface area contributed by atoms with Crippen molar-refractivity contribution in [3.63, 3.8) is 0 Å². The molecule has 0 radical (unpaired) electrons. The molecule has 0 aliphatic heterocycles. The highest BCUT2D eigenvalue weighted by molar-refractivity contribution is 5.99. The number of nitrogens with zero attached hydrogens (tertiary/aromatic N) is 4. The summed E-state index contributed by atoms with van der Waals surface area (Å²) in [6, 6.07) is 45.2. The summed E-state index contributed by atoms with van der Waals surface area (Å²) >= 11 is 0. The first-order valence-electron chi connectivity index (χ1n) is 12.6. The van der Waals surface area contributed by atoms with Crippen molar-refractivity contribution in [2.24, 2.45) is 0 Å². The molecule has 0 spiro atoms. The largest absolute Gasteiger partial charge is 0.310 e. The molecule has 1 heterocycles. The van der Waals surface area contributed by atoms with Crippen LogP contribution in [0.15, 0.2) is 134 Å². The van der Waals surface area contributed by atoms with Crippen molar-refractivity contribution in [2.45, 2.75) is 0 Å². The zero-order valence-corrected chi connectivity index (χ0v) is 21.0. The van der Waals surface area contributed by atoms with Crippen LogP contribution in [-0.4, -0.2) is 4.98 Å². The van der Waals surface area contributed by atoms with Gasteiger partial charge >= 0.3 is 0 Å². The molecule has 0 bridgehead atoms. The topological polar surface area (TPSA) is 63.7 Å². The first-order chi connectivity index (χ1) is 19.2. The minimum atomic E-state index is 0.380. The number of benzene rings is 5. The van der Waals surface area contributed by atoms with Crippen LogP contribution < -0.4 is 4.90 Å². The van der Waals surface area contributed by atoms with Crippen molar-refractivity contribution in [1.82, 2.24) is 4.98 Å². The monoisotopic (exact) mass is 498 g/mol. The fourth-order valence-corrected chi connectivity index (χ4v) is 4.89. The predicted molar refractivity (Wildman–Crippen MR) is 157 cm³/mol. The van der Waals surface area contributed by atoms with Crippen LogP contribution in [-0.2, 0) is 0 Å². The molecule has 0 amide bonds. The minimum absolute atomic E-state index is 0.380. The van der Waals surface area contributed by atoms with Gasteiger partial charge in [0.05, 0.1) is 16.8 Å². The number of nitriles is 2. The lowest BCUT2D eigenvalue weighted by molar-refractivity contribution is 1.29. The molecule has 0 atom stereocenters. The SMILES string of the molecule is N#Cc1ccc(-c2ccc(N(c3ccc(-c4ccncc4)cc3)c3cccc4ccccc34)cc2)cc1C#N. The van der Waals surface area contributed by atoms with Crippen LogP contribution in [0, 0.1) is 22.7 Å². The Labute approximate surface area is 227 Å². The van der Waals surface area contributed by atoms with Crippen LogP contribution in [0.2, 0.25) is 0 Å². The average Bonchev–Trinajstić information content (AvgIpc) is 3.02. The maximum Gasteiger partial charge on any atom is 0.101 e. The van der Waals surface area contributed by atoms with E-state index in [1.807, 2.05) is 18.2 Å². The summed E-state index contributed by atoms with van der Waals surface area (Å²) < 4.78 is 0. The van der Waals surface area contributed by atoms with E-state index in [9.17, 15) is 10.5 Å². The van der Waals surface area contributed by atoms with Gasteiger partial charge in [-0.3, -0.25) is 4.98 Å². The zero-order valence-electron chi connectivity index (χ0n) is 21.0. The van der Waals surface area contributed by atoms with Gasteiger partial charge in [-0.2, -0.15) is 10.5 Å². The van der Waals surface area contributed by atoms with Crippen molar-refractivity contribution in [3.8, 4) is 34.4 Å². The molecule has 0 fully saturated rings. The number of anilines is 3. The highest BCUT2D eigenvalue weighted by atomic mass is 15.1. The Bertz CT molecular complexity index is 1860. The second-order valence-corrected chi connectivity index (χ2v) is 9.15. The van der Waals surface area contributed by atoms with Gasteiger partial charge in [-0.1, -0.05) is 66.7 Å². The van der Waals surface area contributed by atoms with Gasteiger partial charge in [-0.05, 0) is 82.2 Å². The van der Waals surface area contributed by atoms with E-state index in [0.29, 0.717) is 11.1 Å². The minimum Gasteiger partial charge on any atom is -0.310 e. The molecule has 0 saturated carbocycles. The summed E-state index contributed by atoms with van der Waals surface area (Å²) in [4.78, 5) is 6.40. The van der Waals surface area contributed by atoms with E-state index in [-0.39, 0.29) is 0 Å². The number of hydrogen-bond donors (Lipinski definition) is 0. The molecule has 6 rings (SSSR count). The van der Waals surface area contributed by atoms with Crippen molar-refractivity contribution in [3.05, 3.63) is 145 Å². The third-order valence-corrected chi connectivity index (χ3v) is 6.87. The second-order valence-electron chi connectivity index (χ2n) is 9.15. The van der Waals surface area contributed by atoms with Crippen molar-refractivity contribution in [2.75, 3.05) is 4.90 Å². The van der Waals surface area contributed by atoms with Gasteiger partial charge in [0.1, 0.15) is 12.1 Å². The van der Waals surface area contributed by atoms with E-state index in [2.05, 4.69) is 113 Å². The fraction of sp³-hybridized carbons (Fsp3) is 0. The fourth-order valence-electron chi connectivity index (χ4n) is 4.89. The number of rotatable bonds is 5. The summed E-state index contributed by atoms with van der Waals surface area (Å²) in [6.07, 6.45) is 3.61. The van der Waals surface area contributed by atoms with Crippen LogP contribution in [0.4, 0.5) is 17.1 Å². The van der Waals surface area contributed by atoms with E-state index in [0.717, 1.165) is 44.7 Å². The lowest BCUT2D eigenvalue weighted by Gasteiger charge is -2.27.